The van der Waals surface area contributed by atoms with Crippen LogP contribution in [0.15, 0.2) is 36.4 Å². The number of benzene rings is 2. The van der Waals surface area contributed by atoms with Crippen LogP contribution in [-0.2, 0) is 0 Å². The van der Waals surface area contributed by atoms with Gasteiger partial charge in [0.1, 0.15) is 5.82 Å². The van der Waals surface area contributed by atoms with E-state index in [1.807, 2.05) is 32.0 Å². The smallest absolute Gasteiger partial charge is 0.188 e. The summed E-state index contributed by atoms with van der Waals surface area (Å²) in [4.78, 5) is 4.47. The topological polar surface area (TPSA) is 24.9 Å². The van der Waals surface area contributed by atoms with Crippen LogP contribution < -0.4 is 5.32 Å². The number of aryl methyl sites for hydroxylation is 2. The number of aromatic nitrogens is 1. The third-order valence-corrected chi connectivity index (χ3v) is 3.93. The first-order valence-electron chi connectivity index (χ1n) is 6.03. The van der Waals surface area contributed by atoms with Gasteiger partial charge in [-0.05, 0) is 43.2 Å². The van der Waals surface area contributed by atoms with Gasteiger partial charge in [-0.1, -0.05) is 29.5 Å². The molecule has 3 aromatic rings. The Kier molecular flexibility index (Phi) is 2.95. The molecule has 1 N–H and O–H groups in total. The van der Waals surface area contributed by atoms with Crippen molar-refractivity contribution in [3.63, 3.8) is 0 Å². The number of halogens is 1. The largest absolute Gasteiger partial charge is 0.329 e. The fourth-order valence-electron chi connectivity index (χ4n) is 1.98. The normalized spacial score (nSPS) is 10.9. The summed E-state index contributed by atoms with van der Waals surface area (Å²) in [6.07, 6.45) is 0. The third-order valence-electron chi connectivity index (χ3n) is 3.00. The number of para-hydroxylation sites is 1. The van der Waals surface area contributed by atoms with E-state index in [9.17, 15) is 4.39 Å². The van der Waals surface area contributed by atoms with E-state index in [0.717, 1.165) is 15.8 Å². The summed E-state index contributed by atoms with van der Waals surface area (Å²) < 4.78 is 14.9. The van der Waals surface area contributed by atoms with Crippen molar-refractivity contribution in [2.75, 3.05) is 5.32 Å². The van der Waals surface area contributed by atoms with E-state index in [0.29, 0.717) is 10.8 Å². The Bertz CT molecular complexity index is 729. The Labute approximate surface area is 114 Å². The molecule has 2 aromatic carbocycles. The number of anilines is 2. The average Bonchev–Trinajstić information content (AvgIpc) is 2.75. The number of hydrogen-bond donors (Lipinski definition) is 1. The summed E-state index contributed by atoms with van der Waals surface area (Å²) in [7, 11) is 0. The first kappa shape index (κ1) is 12.1. The zero-order valence-electron chi connectivity index (χ0n) is 10.7. The minimum atomic E-state index is -0.254. The maximum Gasteiger partial charge on any atom is 0.188 e. The van der Waals surface area contributed by atoms with Gasteiger partial charge in [-0.2, -0.15) is 0 Å². The summed E-state index contributed by atoms with van der Waals surface area (Å²) in [6, 6.07) is 11.1. The molecule has 0 atom stereocenters. The fraction of sp³-hybridized carbons (Fsp3) is 0.133. The highest BCUT2D eigenvalue weighted by Crippen LogP contribution is 2.30. The van der Waals surface area contributed by atoms with Gasteiger partial charge < -0.3 is 5.32 Å². The molecule has 0 saturated heterocycles. The van der Waals surface area contributed by atoms with Crippen molar-refractivity contribution in [2.24, 2.45) is 0 Å². The number of hydrogen-bond acceptors (Lipinski definition) is 3. The molecule has 96 valence electrons. The van der Waals surface area contributed by atoms with E-state index in [4.69, 9.17) is 0 Å². The Morgan fingerprint density at radius 2 is 2.00 bits per heavy atom. The van der Waals surface area contributed by atoms with Gasteiger partial charge >= 0.3 is 0 Å². The summed E-state index contributed by atoms with van der Waals surface area (Å²) in [6.45, 7) is 3.93. The quantitative estimate of drug-likeness (QED) is 0.725. The maximum atomic E-state index is 13.8. The molecule has 0 bridgehead atoms. The van der Waals surface area contributed by atoms with Crippen molar-refractivity contribution in [1.29, 1.82) is 0 Å². The minimum absolute atomic E-state index is 0.254. The lowest BCUT2D eigenvalue weighted by molar-refractivity contribution is 0.631. The van der Waals surface area contributed by atoms with Crippen molar-refractivity contribution < 1.29 is 4.39 Å². The van der Waals surface area contributed by atoms with E-state index in [1.165, 1.54) is 23.0 Å². The van der Waals surface area contributed by atoms with E-state index < -0.39 is 0 Å². The van der Waals surface area contributed by atoms with Gasteiger partial charge in [0.25, 0.3) is 0 Å². The maximum absolute atomic E-state index is 13.8. The molecule has 0 radical (unpaired) electrons. The Morgan fingerprint density at radius 3 is 2.79 bits per heavy atom. The number of nitrogens with zero attached hydrogens (tertiary/aromatic N) is 1. The first-order chi connectivity index (χ1) is 9.13. The van der Waals surface area contributed by atoms with Crippen LogP contribution >= 0.6 is 11.3 Å². The van der Waals surface area contributed by atoms with Crippen LogP contribution in [0.5, 0.6) is 0 Å². The Balaban J connectivity index is 2.01. The highest BCUT2D eigenvalue weighted by atomic mass is 32.1. The molecule has 3 rings (SSSR count). The van der Waals surface area contributed by atoms with Gasteiger partial charge in [0.2, 0.25) is 0 Å². The highest BCUT2D eigenvalue weighted by molar-refractivity contribution is 7.22. The van der Waals surface area contributed by atoms with Gasteiger partial charge in [0.05, 0.1) is 15.9 Å². The molecule has 1 aromatic heterocycles. The summed E-state index contributed by atoms with van der Waals surface area (Å²) >= 11 is 1.53. The molecule has 0 fully saturated rings. The molecule has 0 aliphatic carbocycles. The van der Waals surface area contributed by atoms with E-state index >= 15 is 0 Å². The lowest BCUT2D eigenvalue weighted by atomic mass is 10.2. The second-order valence-corrected chi connectivity index (χ2v) is 5.58. The molecule has 0 spiro atoms. The van der Waals surface area contributed by atoms with E-state index in [-0.39, 0.29) is 5.82 Å². The number of fused-ring (bicyclic) bond motifs is 1. The lowest BCUT2D eigenvalue weighted by Gasteiger charge is -2.07. The van der Waals surface area contributed by atoms with Gasteiger partial charge in [0.15, 0.2) is 5.13 Å². The van der Waals surface area contributed by atoms with Crippen molar-refractivity contribution >= 4 is 32.4 Å². The predicted molar refractivity (Wildman–Crippen MR) is 78.8 cm³/mol. The summed E-state index contributed by atoms with van der Waals surface area (Å²) in [5, 5.41) is 3.80. The number of nitrogens with one attached hydrogen (secondary N) is 1. The minimum Gasteiger partial charge on any atom is -0.329 e. The molecular weight excluding hydrogens is 259 g/mol. The molecule has 0 unspecified atom stereocenters. The SMILES string of the molecule is Cc1ccc2nc(Nc3c(C)cccc3F)sc2c1. The van der Waals surface area contributed by atoms with Crippen LogP contribution in [0.4, 0.5) is 15.2 Å². The molecule has 2 nitrogen and oxygen atoms in total. The fourth-order valence-corrected chi connectivity index (χ4v) is 2.95. The van der Waals surface area contributed by atoms with E-state index in [2.05, 4.69) is 16.4 Å². The van der Waals surface area contributed by atoms with Gasteiger partial charge in [-0.25, -0.2) is 9.37 Å². The van der Waals surface area contributed by atoms with E-state index in [1.54, 1.807) is 6.07 Å². The van der Waals surface area contributed by atoms with Crippen LogP contribution in [0.3, 0.4) is 0 Å². The second kappa shape index (κ2) is 4.63. The van der Waals surface area contributed by atoms with Gasteiger partial charge in [-0.15, -0.1) is 0 Å². The molecule has 0 amide bonds. The van der Waals surface area contributed by atoms with Gasteiger partial charge in [0, 0.05) is 0 Å². The molecule has 4 heteroatoms. The monoisotopic (exact) mass is 272 g/mol. The molecule has 1 heterocycles. The average molecular weight is 272 g/mol. The summed E-state index contributed by atoms with van der Waals surface area (Å²) in [5.74, 6) is -0.254. The standard InChI is InChI=1S/C15H13FN2S/c1-9-6-7-12-13(8-9)19-15(17-12)18-14-10(2)4-3-5-11(14)16/h3-8H,1-2H3,(H,17,18). The zero-order chi connectivity index (χ0) is 13.4. The first-order valence-corrected chi connectivity index (χ1v) is 6.84. The van der Waals surface area contributed by atoms with Crippen LogP contribution in [-0.4, -0.2) is 4.98 Å². The molecule has 0 aliphatic heterocycles. The second-order valence-electron chi connectivity index (χ2n) is 4.55. The van der Waals surface area contributed by atoms with Crippen molar-refractivity contribution in [1.82, 2.24) is 4.98 Å². The number of thiazole rings is 1. The molecule has 0 aliphatic rings. The van der Waals surface area contributed by atoms with Crippen molar-refractivity contribution in [3.05, 3.63) is 53.3 Å². The Hall–Kier alpha value is -1.94. The van der Waals surface area contributed by atoms with Crippen LogP contribution in [0, 0.1) is 19.7 Å². The lowest BCUT2D eigenvalue weighted by Crippen LogP contribution is -1.95. The van der Waals surface area contributed by atoms with Crippen LogP contribution in [0.1, 0.15) is 11.1 Å². The van der Waals surface area contributed by atoms with Crippen LogP contribution in [0.25, 0.3) is 10.2 Å². The summed E-state index contributed by atoms with van der Waals surface area (Å²) in [5.41, 5.74) is 3.51. The zero-order valence-corrected chi connectivity index (χ0v) is 11.5. The van der Waals surface area contributed by atoms with Crippen molar-refractivity contribution in [3.8, 4) is 0 Å². The van der Waals surface area contributed by atoms with Crippen molar-refractivity contribution in [2.45, 2.75) is 13.8 Å². The predicted octanol–water partition coefficient (Wildman–Crippen LogP) is 4.80. The highest BCUT2D eigenvalue weighted by Gasteiger charge is 2.09. The van der Waals surface area contributed by atoms with Gasteiger partial charge in [-0.3, -0.25) is 0 Å². The van der Waals surface area contributed by atoms with Crippen LogP contribution in [0.2, 0.25) is 0 Å². The Morgan fingerprint density at radius 1 is 1.16 bits per heavy atom. The third kappa shape index (κ3) is 2.31. The molecule has 0 saturated carbocycles. The number of rotatable bonds is 2. The molecular formula is C15H13FN2S. The molecule has 19 heavy (non-hydrogen) atoms.